The summed E-state index contributed by atoms with van der Waals surface area (Å²) in [5, 5.41) is 0. The lowest BCUT2D eigenvalue weighted by Crippen LogP contribution is -2.36. The van der Waals surface area contributed by atoms with Gasteiger partial charge in [0, 0.05) is 12.8 Å². The standard InChI is InChI=1S/C15H30O2/c1-3-5-13-16-15(17-14-6-4-2)11-9-7-8-10-12-15/h3-14H2,1-2H3. The Morgan fingerprint density at radius 2 is 1.24 bits per heavy atom. The van der Waals surface area contributed by atoms with Crippen LogP contribution in [0.2, 0.25) is 0 Å². The number of hydrogen-bond donors (Lipinski definition) is 0. The molecule has 1 aliphatic rings. The van der Waals surface area contributed by atoms with Crippen molar-refractivity contribution < 1.29 is 9.47 Å². The third kappa shape index (κ3) is 5.87. The Morgan fingerprint density at radius 1 is 0.765 bits per heavy atom. The molecule has 0 radical (unpaired) electrons. The molecule has 0 amide bonds. The van der Waals surface area contributed by atoms with Gasteiger partial charge in [-0.2, -0.15) is 0 Å². The van der Waals surface area contributed by atoms with Gasteiger partial charge in [0.15, 0.2) is 5.79 Å². The zero-order chi connectivity index (χ0) is 12.4. The molecular weight excluding hydrogens is 212 g/mol. The van der Waals surface area contributed by atoms with Crippen molar-refractivity contribution in [2.75, 3.05) is 13.2 Å². The number of unbranched alkanes of at least 4 members (excludes halogenated alkanes) is 2. The van der Waals surface area contributed by atoms with Crippen LogP contribution in [0.5, 0.6) is 0 Å². The number of rotatable bonds is 8. The molecule has 2 nitrogen and oxygen atoms in total. The second-order valence-corrected chi connectivity index (χ2v) is 5.23. The van der Waals surface area contributed by atoms with Gasteiger partial charge in [-0.05, 0) is 25.7 Å². The highest BCUT2D eigenvalue weighted by molar-refractivity contribution is 4.74. The Labute approximate surface area is 107 Å². The molecule has 0 aromatic carbocycles. The summed E-state index contributed by atoms with van der Waals surface area (Å²) in [7, 11) is 0. The Bertz CT molecular complexity index is 160. The Hall–Kier alpha value is -0.0800. The zero-order valence-electron chi connectivity index (χ0n) is 11.8. The largest absolute Gasteiger partial charge is 0.350 e. The molecule has 17 heavy (non-hydrogen) atoms. The summed E-state index contributed by atoms with van der Waals surface area (Å²) in [6.07, 6.45) is 12.1. The smallest absolute Gasteiger partial charge is 0.168 e. The predicted octanol–water partition coefficient (Wildman–Crippen LogP) is 4.67. The van der Waals surface area contributed by atoms with Crippen molar-refractivity contribution in [2.24, 2.45) is 0 Å². The van der Waals surface area contributed by atoms with Crippen molar-refractivity contribution in [3.63, 3.8) is 0 Å². The molecule has 0 aliphatic heterocycles. The van der Waals surface area contributed by atoms with Crippen LogP contribution in [0.1, 0.15) is 78.1 Å². The molecule has 0 atom stereocenters. The van der Waals surface area contributed by atoms with E-state index in [2.05, 4.69) is 13.8 Å². The summed E-state index contributed by atoms with van der Waals surface area (Å²) < 4.78 is 12.2. The van der Waals surface area contributed by atoms with E-state index in [0.29, 0.717) is 0 Å². The second kappa shape index (κ2) is 8.93. The Kier molecular flexibility index (Phi) is 7.87. The van der Waals surface area contributed by atoms with Crippen LogP contribution in [0.3, 0.4) is 0 Å². The van der Waals surface area contributed by atoms with Crippen LogP contribution >= 0.6 is 0 Å². The molecule has 0 heterocycles. The molecular formula is C15H30O2. The molecule has 102 valence electrons. The average molecular weight is 242 g/mol. The van der Waals surface area contributed by atoms with Gasteiger partial charge in [0.1, 0.15) is 0 Å². The van der Waals surface area contributed by atoms with Gasteiger partial charge in [-0.3, -0.25) is 0 Å². The fourth-order valence-corrected chi connectivity index (χ4v) is 2.40. The predicted molar refractivity (Wildman–Crippen MR) is 72.2 cm³/mol. The quantitative estimate of drug-likeness (QED) is 0.350. The van der Waals surface area contributed by atoms with Gasteiger partial charge < -0.3 is 9.47 Å². The molecule has 1 aliphatic carbocycles. The monoisotopic (exact) mass is 242 g/mol. The summed E-state index contributed by atoms with van der Waals surface area (Å²) in [6, 6.07) is 0. The van der Waals surface area contributed by atoms with Crippen molar-refractivity contribution in [3.05, 3.63) is 0 Å². The van der Waals surface area contributed by atoms with Crippen LogP contribution in [-0.2, 0) is 9.47 Å². The van der Waals surface area contributed by atoms with E-state index in [1.54, 1.807) is 0 Å². The summed E-state index contributed by atoms with van der Waals surface area (Å²) in [5.74, 6) is -0.235. The maximum absolute atomic E-state index is 6.12. The normalized spacial score (nSPS) is 20.1. The second-order valence-electron chi connectivity index (χ2n) is 5.23. The van der Waals surface area contributed by atoms with Gasteiger partial charge in [-0.1, -0.05) is 39.5 Å². The molecule has 0 bridgehead atoms. The molecule has 0 spiro atoms. The van der Waals surface area contributed by atoms with Gasteiger partial charge in [-0.15, -0.1) is 0 Å². The first-order chi connectivity index (χ1) is 8.33. The fourth-order valence-electron chi connectivity index (χ4n) is 2.40. The van der Waals surface area contributed by atoms with Crippen LogP contribution in [-0.4, -0.2) is 19.0 Å². The maximum Gasteiger partial charge on any atom is 0.168 e. The van der Waals surface area contributed by atoms with Gasteiger partial charge in [0.2, 0.25) is 0 Å². The summed E-state index contributed by atoms with van der Waals surface area (Å²) in [5.41, 5.74) is 0. The summed E-state index contributed by atoms with van der Waals surface area (Å²) in [6.45, 7) is 6.15. The average Bonchev–Trinajstić information content (AvgIpc) is 2.56. The van der Waals surface area contributed by atoms with Crippen molar-refractivity contribution >= 4 is 0 Å². The molecule has 0 N–H and O–H groups in total. The highest BCUT2D eigenvalue weighted by atomic mass is 16.7. The van der Waals surface area contributed by atoms with E-state index in [1.165, 1.54) is 38.5 Å². The van der Waals surface area contributed by atoms with Crippen LogP contribution < -0.4 is 0 Å². The SMILES string of the molecule is CCCCOC1(OCCCC)CCCCCC1. The first-order valence-corrected chi connectivity index (χ1v) is 7.61. The number of ether oxygens (including phenoxy) is 2. The molecule has 2 heteroatoms. The minimum Gasteiger partial charge on any atom is -0.350 e. The first-order valence-electron chi connectivity index (χ1n) is 7.61. The molecule has 0 unspecified atom stereocenters. The molecule has 0 saturated heterocycles. The van der Waals surface area contributed by atoms with Crippen molar-refractivity contribution in [2.45, 2.75) is 83.8 Å². The van der Waals surface area contributed by atoms with E-state index in [4.69, 9.17) is 9.47 Å². The molecule has 0 aromatic heterocycles. The van der Waals surface area contributed by atoms with Crippen molar-refractivity contribution in [1.82, 2.24) is 0 Å². The van der Waals surface area contributed by atoms with Gasteiger partial charge in [0.25, 0.3) is 0 Å². The van der Waals surface area contributed by atoms with Crippen LogP contribution in [0, 0.1) is 0 Å². The van der Waals surface area contributed by atoms with E-state index in [0.717, 1.165) is 38.9 Å². The topological polar surface area (TPSA) is 18.5 Å². The van der Waals surface area contributed by atoms with Crippen LogP contribution in [0.15, 0.2) is 0 Å². The minimum atomic E-state index is -0.235. The highest BCUT2D eigenvalue weighted by Gasteiger charge is 2.32. The van der Waals surface area contributed by atoms with E-state index >= 15 is 0 Å². The summed E-state index contributed by atoms with van der Waals surface area (Å²) in [4.78, 5) is 0. The molecule has 0 aromatic rings. The van der Waals surface area contributed by atoms with E-state index in [-0.39, 0.29) is 5.79 Å². The third-order valence-corrected chi connectivity index (χ3v) is 3.59. The van der Waals surface area contributed by atoms with E-state index in [9.17, 15) is 0 Å². The minimum absolute atomic E-state index is 0.235. The van der Waals surface area contributed by atoms with Crippen LogP contribution in [0.25, 0.3) is 0 Å². The maximum atomic E-state index is 6.12. The zero-order valence-corrected chi connectivity index (χ0v) is 11.8. The van der Waals surface area contributed by atoms with Gasteiger partial charge in [-0.25, -0.2) is 0 Å². The van der Waals surface area contributed by atoms with Gasteiger partial charge in [0.05, 0.1) is 13.2 Å². The van der Waals surface area contributed by atoms with E-state index in [1.807, 2.05) is 0 Å². The lowest BCUT2D eigenvalue weighted by atomic mass is 10.1. The highest BCUT2D eigenvalue weighted by Crippen LogP contribution is 2.32. The Morgan fingerprint density at radius 3 is 1.65 bits per heavy atom. The van der Waals surface area contributed by atoms with Gasteiger partial charge >= 0.3 is 0 Å². The van der Waals surface area contributed by atoms with Crippen molar-refractivity contribution in [1.29, 1.82) is 0 Å². The van der Waals surface area contributed by atoms with E-state index < -0.39 is 0 Å². The van der Waals surface area contributed by atoms with Crippen LogP contribution in [0.4, 0.5) is 0 Å². The lowest BCUT2D eigenvalue weighted by molar-refractivity contribution is -0.244. The Balaban J connectivity index is 2.41. The first kappa shape index (κ1) is 15.0. The number of hydrogen-bond acceptors (Lipinski definition) is 2. The van der Waals surface area contributed by atoms with Crippen molar-refractivity contribution in [3.8, 4) is 0 Å². The molecule has 1 rings (SSSR count). The fraction of sp³-hybridized carbons (Fsp3) is 1.00. The summed E-state index contributed by atoms with van der Waals surface area (Å²) >= 11 is 0. The molecule has 1 fully saturated rings. The molecule has 1 saturated carbocycles. The lowest BCUT2D eigenvalue weighted by Gasteiger charge is -2.33. The third-order valence-electron chi connectivity index (χ3n) is 3.59.